The van der Waals surface area contributed by atoms with Crippen molar-refractivity contribution in [1.82, 2.24) is 4.57 Å². The zero-order valence-corrected chi connectivity index (χ0v) is 13.7. The van der Waals surface area contributed by atoms with E-state index in [4.69, 9.17) is 11.6 Å². The van der Waals surface area contributed by atoms with Crippen molar-refractivity contribution >= 4 is 28.9 Å². The van der Waals surface area contributed by atoms with Crippen LogP contribution < -0.4 is 0 Å². The number of aromatic carboxylic acids is 1. The minimum absolute atomic E-state index is 0.340. The molecule has 3 rings (SSSR count). The first-order chi connectivity index (χ1) is 10.5. The molecule has 0 spiro atoms. The van der Waals surface area contributed by atoms with Gasteiger partial charge in [0.05, 0.1) is 5.69 Å². The molecule has 0 bridgehead atoms. The van der Waals surface area contributed by atoms with E-state index in [0.717, 1.165) is 21.8 Å². The third kappa shape index (κ3) is 2.56. The normalized spacial score (nSPS) is 10.9. The van der Waals surface area contributed by atoms with E-state index in [1.54, 1.807) is 0 Å². The Morgan fingerprint density at radius 3 is 2.23 bits per heavy atom. The number of nitrogens with zero attached hydrogens (tertiary/aromatic N) is 1. The first-order valence-corrected chi connectivity index (χ1v) is 7.95. The van der Waals surface area contributed by atoms with Gasteiger partial charge in [-0.3, -0.25) is 0 Å². The second-order valence-corrected chi connectivity index (χ2v) is 6.58. The quantitative estimate of drug-likeness (QED) is 0.719. The Balaban J connectivity index is 2.19. The van der Waals surface area contributed by atoms with Crippen LogP contribution in [-0.2, 0) is 0 Å². The van der Waals surface area contributed by atoms with E-state index in [9.17, 15) is 9.90 Å². The number of benzene rings is 1. The zero-order chi connectivity index (χ0) is 15.9. The highest BCUT2D eigenvalue weighted by atomic mass is 35.5. The maximum atomic E-state index is 11.6. The van der Waals surface area contributed by atoms with Crippen LogP contribution in [0.2, 0.25) is 5.02 Å². The lowest BCUT2D eigenvalue weighted by molar-refractivity contribution is 0.0702. The predicted octanol–water partition coefficient (Wildman–Crippen LogP) is 5.17. The fraction of sp³-hybridized carbons (Fsp3) is 0.118. The Bertz CT molecular complexity index is 827. The number of halogens is 1. The highest BCUT2D eigenvalue weighted by Crippen LogP contribution is 2.35. The molecule has 22 heavy (non-hydrogen) atoms. The second-order valence-electron chi connectivity index (χ2n) is 5.09. The molecular formula is C17H14ClNO2S. The van der Waals surface area contributed by atoms with Crippen molar-refractivity contribution in [2.75, 3.05) is 0 Å². The molecule has 0 amide bonds. The van der Waals surface area contributed by atoms with Crippen LogP contribution in [0.3, 0.4) is 0 Å². The standard InChI is InChI=1S/C17H14ClNO2S/c1-10-3-4-11(2)19(10)14-9-15(22-16(14)17(20)21)12-5-7-13(18)8-6-12/h3-9H,1-2H3,(H,20,21). The number of aryl methyl sites for hydroxylation is 2. The Kier molecular flexibility index (Phi) is 3.81. The number of hydrogen-bond donors (Lipinski definition) is 1. The lowest BCUT2D eigenvalue weighted by atomic mass is 10.2. The summed E-state index contributed by atoms with van der Waals surface area (Å²) < 4.78 is 1.97. The van der Waals surface area contributed by atoms with Crippen LogP contribution in [0.5, 0.6) is 0 Å². The lowest BCUT2D eigenvalue weighted by Gasteiger charge is -2.08. The largest absolute Gasteiger partial charge is 0.477 e. The molecule has 1 aromatic carbocycles. The Labute approximate surface area is 137 Å². The van der Waals surface area contributed by atoms with E-state index in [2.05, 4.69) is 0 Å². The van der Waals surface area contributed by atoms with Gasteiger partial charge in [0.2, 0.25) is 0 Å². The highest BCUT2D eigenvalue weighted by Gasteiger charge is 2.19. The van der Waals surface area contributed by atoms with Crippen molar-refractivity contribution in [3.63, 3.8) is 0 Å². The van der Waals surface area contributed by atoms with E-state index in [-0.39, 0.29) is 0 Å². The van der Waals surface area contributed by atoms with Gasteiger partial charge >= 0.3 is 5.97 Å². The molecule has 5 heteroatoms. The molecule has 0 fully saturated rings. The molecule has 0 atom stereocenters. The van der Waals surface area contributed by atoms with Gasteiger partial charge in [0.25, 0.3) is 0 Å². The maximum Gasteiger partial charge on any atom is 0.348 e. The lowest BCUT2D eigenvalue weighted by Crippen LogP contribution is -2.03. The van der Waals surface area contributed by atoms with Gasteiger partial charge in [0, 0.05) is 21.3 Å². The number of carboxylic acids is 1. The van der Waals surface area contributed by atoms with Gasteiger partial charge in [-0.25, -0.2) is 4.79 Å². The number of rotatable bonds is 3. The van der Waals surface area contributed by atoms with Crippen LogP contribution >= 0.6 is 22.9 Å². The zero-order valence-electron chi connectivity index (χ0n) is 12.1. The van der Waals surface area contributed by atoms with Crippen LogP contribution in [0, 0.1) is 13.8 Å². The van der Waals surface area contributed by atoms with Crippen LogP contribution in [0.15, 0.2) is 42.5 Å². The predicted molar refractivity (Wildman–Crippen MR) is 90.5 cm³/mol. The van der Waals surface area contributed by atoms with Gasteiger partial charge in [-0.1, -0.05) is 23.7 Å². The minimum Gasteiger partial charge on any atom is -0.477 e. The number of hydrogen-bond acceptors (Lipinski definition) is 2. The van der Waals surface area contributed by atoms with Crippen molar-refractivity contribution in [2.24, 2.45) is 0 Å². The molecule has 3 nitrogen and oxygen atoms in total. The summed E-state index contributed by atoms with van der Waals surface area (Å²) in [6, 6.07) is 13.3. The highest BCUT2D eigenvalue weighted by molar-refractivity contribution is 7.17. The minimum atomic E-state index is -0.910. The molecule has 0 saturated heterocycles. The van der Waals surface area contributed by atoms with E-state index < -0.39 is 5.97 Å². The summed E-state index contributed by atoms with van der Waals surface area (Å²) >= 11 is 7.19. The molecule has 1 N–H and O–H groups in total. The molecule has 0 aliphatic heterocycles. The number of carboxylic acid groups (broad SMARTS) is 1. The van der Waals surface area contributed by atoms with Gasteiger partial charge < -0.3 is 9.67 Å². The molecule has 0 unspecified atom stereocenters. The van der Waals surface area contributed by atoms with Gasteiger partial charge in [0.15, 0.2) is 0 Å². The second kappa shape index (κ2) is 5.63. The van der Waals surface area contributed by atoms with E-state index >= 15 is 0 Å². The van der Waals surface area contributed by atoms with Crippen molar-refractivity contribution in [2.45, 2.75) is 13.8 Å². The summed E-state index contributed by atoms with van der Waals surface area (Å²) in [5, 5.41) is 10.2. The van der Waals surface area contributed by atoms with Crippen molar-refractivity contribution in [3.05, 3.63) is 63.8 Å². The van der Waals surface area contributed by atoms with Crippen LogP contribution in [-0.4, -0.2) is 15.6 Å². The first kappa shape index (κ1) is 14.9. The Morgan fingerprint density at radius 2 is 1.68 bits per heavy atom. The summed E-state index contributed by atoms with van der Waals surface area (Å²) in [7, 11) is 0. The van der Waals surface area contributed by atoms with Gasteiger partial charge in [-0.15, -0.1) is 11.3 Å². The van der Waals surface area contributed by atoms with Gasteiger partial charge in [-0.05, 0) is 49.7 Å². The molecular weight excluding hydrogens is 318 g/mol. The monoisotopic (exact) mass is 331 g/mol. The molecule has 112 valence electrons. The van der Waals surface area contributed by atoms with E-state index in [1.807, 2.05) is 60.9 Å². The van der Waals surface area contributed by atoms with Gasteiger partial charge in [0.1, 0.15) is 4.88 Å². The number of thiophene rings is 1. The van der Waals surface area contributed by atoms with Gasteiger partial charge in [-0.2, -0.15) is 0 Å². The summed E-state index contributed by atoms with van der Waals surface area (Å²) in [6.07, 6.45) is 0. The first-order valence-electron chi connectivity index (χ1n) is 6.76. The van der Waals surface area contributed by atoms with Crippen LogP contribution in [0.25, 0.3) is 16.1 Å². The molecule has 3 aromatic rings. The van der Waals surface area contributed by atoms with E-state index in [1.165, 1.54) is 11.3 Å². The third-order valence-electron chi connectivity index (χ3n) is 3.55. The Hall–Kier alpha value is -2.04. The SMILES string of the molecule is Cc1ccc(C)n1-c1cc(-c2ccc(Cl)cc2)sc1C(=O)O. The topological polar surface area (TPSA) is 42.2 Å². The van der Waals surface area contributed by atoms with E-state index in [0.29, 0.717) is 15.6 Å². The van der Waals surface area contributed by atoms with Crippen LogP contribution in [0.4, 0.5) is 0 Å². The van der Waals surface area contributed by atoms with Crippen molar-refractivity contribution in [1.29, 1.82) is 0 Å². The summed E-state index contributed by atoms with van der Waals surface area (Å²) in [4.78, 5) is 12.9. The number of carbonyl (C=O) groups is 1. The van der Waals surface area contributed by atoms with Crippen molar-refractivity contribution in [3.8, 4) is 16.1 Å². The maximum absolute atomic E-state index is 11.6. The Morgan fingerprint density at radius 1 is 1.09 bits per heavy atom. The molecule has 0 saturated carbocycles. The molecule has 2 aromatic heterocycles. The molecule has 0 aliphatic carbocycles. The fourth-order valence-electron chi connectivity index (χ4n) is 2.51. The molecule has 2 heterocycles. The average Bonchev–Trinajstić information content (AvgIpc) is 3.04. The number of aromatic nitrogens is 1. The van der Waals surface area contributed by atoms with Crippen LogP contribution in [0.1, 0.15) is 21.1 Å². The van der Waals surface area contributed by atoms with Crippen molar-refractivity contribution < 1.29 is 9.90 Å². The fourth-order valence-corrected chi connectivity index (χ4v) is 3.62. The smallest absolute Gasteiger partial charge is 0.348 e. The summed E-state index contributed by atoms with van der Waals surface area (Å²) in [5.74, 6) is -0.910. The molecule has 0 radical (unpaired) electrons. The summed E-state index contributed by atoms with van der Waals surface area (Å²) in [5.41, 5.74) is 3.70. The average molecular weight is 332 g/mol. The molecule has 0 aliphatic rings. The third-order valence-corrected chi connectivity index (χ3v) is 4.96. The summed E-state index contributed by atoms with van der Waals surface area (Å²) in [6.45, 7) is 3.94.